The predicted molar refractivity (Wildman–Crippen MR) is 156 cm³/mol. The van der Waals surface area contributed by atoms with Crippen LogP contribution in [0.2, 0.25) is 0 Å². The van der Waals surface area contributed by atoms with Crippen LogP contribution in [0.1, 0.15) is 29.5 Å². The number of nitrogens with one attached hydrogen (secondary N) is 1. The van der Waals surface area contributed by atoms with Gasteiger partial charge in [0.15, 0.2) is 5.65 Å². The quantitative estimate of drug-likeness (QED) is 0.257. The number of amides is 1. The lowest BCUT2D eigenvalue weighted by Crippen LogP contribution is -3.00. The van der Waals surface area contributed by atoms with Crippen LogP contribution in [0.4, 0.5) is 19.1 Å². The highest BCUT2D eigenvalue weighted by atomic mass is 79.9. The summed E-state index contributed by atoms with van der Waals surface area (Å²) in [5.41, 5.74) is 3.39. The normalized spacial score (nSPS) is 11.7. The van der Waals surface area contributed by atoms with E-state index in [1.54, 1.807) is 60.4 Å². The highest BCUT2D eigenvalue weighted by Gasteiger charge is 2.31. The second-order valence-corrected chi connectivity index (χ2v) is 11.3. The van der Waals surface area contributed by atoms with Gasteiger partial charge >= 0.3 is 6.18 Å². The van der Waals surface area contributed by atoms with E-state index in [4.69, 9.17) is 0 Å². The summed E-state index contributed by atoms with van der Waals surface area (Å²) in [6.07, 6.45) is -0.256. The van der Waals surface area contributed by atoms with Gasteiger partial charge in [-0.1, -0.05) is 12.1 Å². The lowest BCUT2D eigenvalue weighted by Gasteiger charge is -2.23. The number of carbonyl (C=O) groups excluding carboxylic acids is 1. The van der Waals surface area contributed by atoms with E-state index in [9.17, 15) is 23.2 Å². The molecule has 5 rings (SSSR count). The van der Waals surface area contributed by atoms with Crippen molar-refractivity contribution >= 4 is 17.5 Å². The van der Waals surface area contributed by atoms with Crippen molar-refractivity contribution in [1.82, 2.24) is 24.4 Å². The number of nitriles is 1. The molecular weight excluding hydrogens is 637 g/mol. The molecule has 0 spiro atoms. The number of pyridine rings is 1. The lowest BCUT2D eigenvalue weighted by molar-refractivity contribution is -0.870. The average molecular weight is 668 g/mol. The molecule has 0 atom stereocenters. The predicted octanol–water partition coefficient (Wildman–Crippen LogP) is 2.88. The van der Waals surface area contributed by atoms with Crippen LogP contribution in [-0.2, 0) is 11.0 Å². The first-order chi connectivity index (χ1) is 20.3. The number of anilines is 1. The molecule has 3 aromatic heterocycles. The van der Waals surface area contributed by atoms with E-state index in [0.717, 1.165) is 23.2 Å². The molecule has 5 aromatic rings. The molecule has 0 fully saturated rings. The minimum atomic E-state index is -4.54. The van der Waals surface area contributed by atoms with Gasteiger partial charge in [0.05, 0.1) is 62.5 Å². The number of nitrogens with zero attached hydrogens (tertiary/aromatic N) is 7. The Morgan fingerprint density at radius 2 is 1.82 bits per heavy atom. The van der Waals surface area contributed by atoms with E-state index < -0.39 is 11.7 Å². The molecule has 0 saturated heterocycles. The number of hydrogen-bond donors (Lipinski definition) is 1. The molecule has 1 N–H and O–H groups in total. The van der Waals surface area contributed by atoms with Gasteiger partial charge in [-0.2, -0.15) is 28.5 Å². The number of hydrogen-bond acceptors (Lipinski definition) is 5. The lowest BCUT2D eigenvalue weighted by atomic mass is 9.95. The molecule has 0 aliphatic carbocycles. The zero-order chi connectivity index (χ0) is 30.9. The van der Waals surface area contributed by atoms with Gasteiger partial charge in [-0.25, -0.2) is 9.20 Å². The molecule has 9 nitrogen and oxygen atoms in total. The molecule has 0 saturated carbocycles. The van der Waals surface area contributed by atoms with E-state index in [1.807, 2.05) is 21.1 Å². The second-order valence-electron chi connectivity index (χ2n) is 11.3. The molecule has 3 heterocycles. The molecule has 228 valence electrons. The highest BCUT2D eigenvalue weighted by Crippen LogP contribution is 2.38. The Labute approximate surface area is 262 Å². The van der Waals surface area contributed by atoms with E-state index in [-0.39, 0.29) is 35.3 Å². The molecule has 0 bridgehead atoms. The average Bonchev–Trinajstić information content (AvgIpc) is 3.58. The van der Waals surface area contributed by atoms with Gasteiger partial charge in [0.25, 0.3) is 0 Å². The standard InChI is InChI=1S/C31H29F3N8O.BrH/c1-20-25(26-14-15-36-41(26)24-12-10-21(18-35)11-13-24)19-40-29(28(20)22-7-5-8-23(17-22)31(32,33)34)38-30(39-40)37-27(43)9-6-16-42(2,3)4;/h5,7-8,10-15,17,19H,6,9,16H2,1-4H3;1H. The first-order valence-electron chi connectivity index (χ1n) is 13.6. The third-order valence-corrected chi connectivity index (χ3v) is 7.01. The van der Waals surface area contributed by atoms with Crippen LogP contribution in [0.25, 0.3) is 33.7 Å². The summed E-state index contributed by atoms with van der Waals surface area (Å²) in [7, 11) is 6.14. The highest BCUT2D eigenvalue weighted by molar-refractivity contribution is 5.91. The van der Waals surface area contributed by atoms with Gasteiger partial charge in [-0.05, 0) is 60.5 Å². The van der Waals surface area contributed by atoms with Crippen molar-refractivity contribution in [3.8, 4) is 34.1 Å². The van der Waals surface area contributed by atoms with Crippen molar-refractivity contribution in [3.63, 3.8) is 0 Å². The van der Waals surface area contributed by atoms with Crippen LogP contribution >= 0.6 is 0 Å². The first-order valence-corrected chi connectivity index (χ1v) is 13.6. The summed E-state index contributed by atoms with van der Waals surface area (Å²) in [6.45, 7) is 2.61. The third kappa shape index (κ3) is 6.98. The minimum absolute atomic E-state index is 0. The van der Waals surface area contributed by atoms with Crippen LogP contribution in [-0.4, -0.2) is 62.5 Å². The molecule has 0 aliphatic rings. The monoisotopic (exact) mass is 666 g/mol. The topological polar surface area (TPSA) is 101 Å². The van der Waals surface area contributed by atoms with Crippen molar-refractivity contribution in [3.05, 3.63) is 83.7 Å². The Morgan fingerprint density at radius 3 is 2.48 bits per heavy atom. The summed E-state index contributed by atoms with van der Waals surface area (Å²) in [5, 5.41) is 20.9. The molecule has 0 unspecified atom stereocenters. The van der Waals surface area contributed by atoms with E-state index in [2.05, 4.69) is 26.6 Å². The van der Waals surface area contributed by atoms with Crippen LogP contribution in [0.3, 0.4) is 0 Å². The second kappa shape index (κ2) is 12.6. The number of alkyl halides is 3. The van der Waals surface area contributed by atoms with Crippen molar-refractivity contribution in [2.24, 2.45) is 0 Å². The van der Waals surface area contributed by atoms with Crippen molar-refractivity contribution < 1.29 is 39.4 Å². The van der Waals surface area contributed by atoms with Crippen molar-refractivity contribution in [2.75, 3.05) is 33.0 Å². The van der Waals surface area contributed by atoms with E-state index in [1.165, 1.54) is 10.6 Å². The molecule has 13 heteroatoms. The van der Waals surface area contributed by atoms with Gasteiger partial charge in [0, 0.05) is 30.2 Å². The van der Waals surface area contributed by atoms with Crippen molar-refractivity contribution in [1.29, 1.82) is 5.26 Å². The number of quaternary nitrogens is 1. The number of benzene rings is 2. The third-order valence-electron chi connectivity index (χ3n) is 7.01. The van der Waals surface area contributed by atoms with E-state index in [0.29, 0.717) is 51.3 Å². The Bertz CT molecular complexity index is 1850. The van der Waals surface area contributed by atoms with E-state index >= 15 is 0 Å². The number of rotatable bonds is 8. The largest absolute Gasteiger partial charge is 1.00 e. The fourth-order valence-corrected chi connectivity index (χ4v) is 4.90. The molecule has 44 heavy (non-hydrogen) atoms. The zero-order valence-corrected chi connectivity index (χ0v) is 26.1. The first kappa shape index (κ1) is 32.4. The fourth-order valence-electron chi connectivity index (χ4n) is 4.90. The zero-order valence-electron chi connectivity index (χ0n) is 24.5. The summed E-state index contributed by atoms with van der Waals surface area (Å²) in [6, 6.07) is 15.8. The van der Waals surface area contributed by atoms with Crippen LogP contribution < -0.4 is 22.3 Å². The van der Waals surface area contributed by atoms with Crippen LogP contribution in [0, 0.1) is 18.3 Å². The smallest absolute Gasteiger partial charge is 0.416 e. The minimum Gasteiger partial charge on any atom is -1.00 e. The molecule has 2 aromatic carbocycles. The van der Waals surface area contributed by atoms with Gasteiger partial charge in [0.1, 0.15) is 0 Å². The number of aromatic nitrogens is 5. The SMILES string of the molecule is Cc1c(-c2ccnn2-c2ccc(C#N)cc2)cn2nc(NC(=O)CCC[N+](C)(C)C)nc2c1-c1cccc(C(F)(F)F)c1.[Br-]. The summed E-state index contributed by atoms with van der Waals surface area (Å²) >= 11 is 0. The maximum Gasteiger partial charge on any atom is 0.416 e. The van der Waals surface area contributed by atoms with Gasteiger partial charge in [-0.3, -0.25) is 10.1 Å². The number of carbonyl (C=O) groups is 1. The Hall–Kier alpha value is -4.54. The molecule has 0 aliphatic heterocycles. The Morgan fingerprint density at radius 1 is 1.09 bits per heavy atom. The molecular formula is C31H30BrF3N8O. The number of fused-ring (bicyclic) bond motifs is 1. The maximum absolute atomic E-state index is 13.7. The van der Waals surface area contributed by atoms with Crippen LogP contribution in [0.15, 0.2) is 67.0 Å². The molecule has 1 amide bonds. The Kier molecular flexibility index (Phi) is 9.27. The number of halogens is 4. The summed E-state index contributed by atoms with van der Waals surface area (Å²) < 4.78 is 45.0. The summed E-state index contributed by atoms with van der Waals surface area (Å²) in [4.78, 5) is 17.2. The van der Waals surface area contributed by atoms with Crippen molar-refractivity contribution in [2.45, 2.75) is 25.9 Å². The van der Waals surface area contributed by atoms with Gasteiger partial charge in [-0.15, -0.1) is 5.10 Å². The fraction of sp³-hybridized carbons (Fsp3) is 0.258. The van der Waals surface area contributed by atoms with Crippen LogP contribution in [0.5, 0.6) is 0 Å². The summed E-state index contributed by atoms with van der Waals surface area (Å²) in [5.74, 6) is -0.193. The Balaban J connectivity index is 0.00000442. The molecule has 0 radical (unpaired) electrons. The van der Waals surface area contributed by atoms with Gasteiger partial charge in [0.2, 0.25) is 11.9 Å². The maximum atomic E-state index is 13.7. The van der Waals surface area contributed by atoms with Gasteiger partial charge < -0.3 is 21.5 Å².